The van der Waals surface area contributed by atoms with Crippen LogP contribution in [0.3, 0.4) is 0 Å². The van der Waals surface area contributed by atoms with E-state index in [2.05, 4.69) is 5.32 Å². The quantitative estimate of drug-likeness (QED) is 0.927. The number of nitrogens with one attached hydrogen (secondary N) is 1. The van der Waals surface area contributed by atoms with Crippen LogP contribution < -0.4 is 5.32 Å². The van der Waals surface area contributed by atoms with E-state index < -0.39 is 5.60 Å². The van der Waals surface area contributed by atoms with Gasteiger partial charge in [0.2, 0.25) is 0 Å². The SMILES string of the molecule is COCc1ccoc1C1CNCCN1C(=O)OC(C)(C)C. The Labute approximate surface area is 125 Å². The lowest BCUT2D eigenvalue weighted by molar-refractivity contribution is 0.00896. The Morgan fingerprint density at radius 1 is 1.52 bits per heavy atom. The van der Waals surface area contributed by atoms with E-state index in [0.29, 0.717) is 19.7 Å². The molecule has 6 nitrogen and oxygen atoms in total. The Kier molecular flexibility index (Phi) is 4.90. The van der Waals surface area contributed by atoms with Gasteiger partial charge in [-0.25, -0.2) is 4.79 Å². The molecule has 1 aliphatic rings. The lowest BCUT2D eigenvalue weighted by Gasteiger charge is -2.36. The highest BCUT2D eigenvalue weighted by atomic mass is 16.6. The molecule has 1 atom stereocenters. The van der Waals surface area contributed by atoms with Crippen LogP contribution in [0.15, 0.2) is 16.7 Å². The lowest BCUT2D eigenvalue weighted by atomic mass is 10.1. The third-order valence-corrected chi connectivity index (χ3v) is 3.25. The zero-order valence-electron chi connectivity index (χ0n) is 13.1. The number of nitrogens with zero attached hydrogens (tertiary/aromatic N) is 1. The molecule has 1 aromatic rings. The number of amides is 1. The zero-order chi connectivity index (χ0) is 15.5. The molecule has 1 saturated heterocycles. The molecule has 1 fully saturated rings. The summed E-state index contributed by atoms with van der Waals surface area (Å²) in [7, 11) is 1.64. The fourth-order valence-corrected chi connectivity index (χ4v) is 2.39. The molecule has 0 aliphatic carbocycles. The third kappa shape index (κ3) is 3.98. The summed E-state index contributed by atoms with van der Waals surface area (Å²) >= 11 is 0. The summed E-state index contributed by atoms with van der Waals surface area (Å²) in [5.41, 5.74) is 0.449. The minimum Gasteiger partial charge on any atom is -0.467 e. The van der Waals surface area contributed by atoms with Crippen molar-refractivity contribution in [1.82, 2.24) is 10.2 Å². The van der Waals surface area contributed by atoms with Gasteiger partial charge in [-0.2, -0.15) is 0 Å². The molecule has 1 aromatic heterocycles. The van der Waals surface area contributed by atoms with Crippen LogP contribution >= 0.6 is 0 Å². The van der Waals surface area contributed by atoms with E-state index >= 15 is 0 Å². The van der Waals surface area contributed by atoms with Crippen LogP contribution in [0.2, 0.25) is 0 Å². The maximum absolute atomic E-state index is 12.4. The molecule has 21 heavy (non-hydrogen) atoms. The number of methoxy groups -OCH3 is 1. The number of carbonyl (C=O) groups is 1. The predicted octanol–water partition coefficient (Wildman–Crippen LogP) is 2.31. The second-order valence-electron chi connectivity index (χ2n) is 6.14. The number of furan rings is 1. The van der Waals surface area contributed by atoms with E-state index in [4.69, 9.17) is 13.9 Å². The molecule has 0 spiro atoms. The Bertz CT molecular complexity index is 478. The Balaban J connectivity index is 2.18. The molecular formula is C15H24N2O4. The van der Waals surface area contributed by atoms with Gasteiger partial charge in [-0.1, -0.05) is 0 Å². The van der Waals surface area contributed by atoms with Crippen LogP contribution in [0.25, 0.3) is 0 Å². The standard InChI is InChI=1S/C15H24N2O4/c1-15(2,3)21-14(18)17-7-6-16-9-12(17)13-11(10-19-4)5-8-20-13/h5,8,12,16H,6-7,9-10H2,1-4H3. The Hall–Kier alpha value is -1.53. The third-order valence-electron chi connectivity index (χ3n) is 3.25. The minimum atomic E-state index is -0.509. The van der Waals surface area contributed by atoms with Crippen molar-refractivity contribution in [3.8, 4) is 0 Å². The number of hydrogen-bond donors (Lipinski definition) is 1. The molecule has 2 rings (SSSR count). The van der Waals surface area contributed by atoms with E-state index in [1.807, 2.05) is 26.8 Å². The molecule has 118 valence electrons. The molecule has 6 heteroatoms. The number of hydrogen-bond acceptors (Lipinski definition) is 5. The van der Waals surface area contributed by atoms with Gasteiger partial charge in [0.1, 0.15) is 17.4 Å². The summed E-state index contributed by atoms with van der Waals surface area (Å²) in [6.07, 6.45) is 1.32. The molecule has 2 heterocycles. The smallest absolute Gasteiger partial charge is 0.411 e. The predicted molar refractivity (Wildman–Crippen MR) is 78.0 cm³/mol. The van der Waals surface area contributed by atoms with Gasteiger partial charge in [0.15, 0.2) is 0 Å². The normalized spacial score (nSPS) is 19.6. The molecule has 0 aromatic carbocycles. The maximum atomic E-state index is 12.4. The molecule has 0 saturated carbocycles. The molecule has 1 N–H and O–H groups in total. The molecule has 0 bridgehead atoms. The zero-order valence-corrected chi connectivity index (χ0v) is 13.1. The van der Waals surface area contributed by atoms with Gasteiger partial charge in [0.05, 0.1) is 12.9 Å². The summed E-state index contributed by atoms with van der Waals surface area (Å²) in [6, 6.07) is 1.70. The van der Waals surface area contributed by atoms with Crippen LogP contribution in [-0.2, 0) is 16.1 Å². The second kappa shape index (κ2) is 6.49. The molecule has 0 radical (unpaired) electrons. The first-order valence-corrected chi connectivity index (χ1v) is 7.18. The maximum Gasteiger partial charge on any atom is 0.411 e. The fraction of sp³-hybridized carbons (Fsp3) is 0.667. The fourth-order valence-electron chi connectivity index (χ4n) is 2.39. The van der Waals surface area contributed by atoms with Crippen molar-refractivity contribution >= 4 is 6.09 Å². The highest BCUT2D eigenvalue weighted by molar-refractivity contribution is 5.69. The van der Waals surface area contributed by atoms with Crippen LogP contribution in [0, 0.1) is 0 Å². The van der Waals surface area contributed by atoms with Crippen molar-refractivity contribution < 1.29 is 18.7 Å². The van der Waals surface area contributed by atoms with Crippen LogP contribution in [0.5, 0.6) is 0 Å². The Morgan fingerprint density at radius 3 is 2.95 bits per heavy atom. The number of piperazine rings is 1. The highest BCUT2D eigenvalue weighted by Crippen LogP contribution is 2.28. The number of carbonyl (C=O) groups excluding carboxylic acids is 1. The van der Waals surface area contributed by atoms with Crippen molar-refractivity contribution in [3.05, 3.63) is 23.7 Å². The van der Waals surface area contributed by atoms with Crippen molar-refractivity contribution in [1.29, 1.82) is 0 Å². The second-order valence-corrected chi connectivity index (χ2v) is 6.14. The van der Waals surface area contributed by atoms with E-state index in [9.17, 15) is 4.79 Å². The summed E-state index contributed by atoms with van der Waals surface area (Å²) in [5, 5.41) is 3.29. The Morgan fingerprint density at radius 2 is 2.29 bits per heavy atom. The van der Waals surface area contributed by atoms with Crippen LogP contribution in [-0.4, -0.2) is 43.3 Å². The van der Waals surface area contributed by atoms with E-state index in [1.165, 1.54) is 0 Å². The first-order chi connectivity index (χ1) is 9.92. The van der Waals surface area contributed by atoms with Gasteiger partial charge in [-0.3, -0.25) is 4.90 Å². The van der Waals surface area contributed by atoms with Gasteiger partial charge >= 0.3 is 6.09 Å². The van der Waals surface area contributed by atoms with Crippen molar-refractivity contribution in [2.24, 2.45) is 0 Å². The monoisotopic (exact) mass is 296 g/mol. The largest absolute Gasteiger partial charge is 0.467 e. The highest BCUT2D eigenvalue weighted by Gasteiger charge is 2.34. The molecule has 1 amide bonds. The van der Waals surface area contributed by atoms with Gasteiger partial charge in [0.25, 0.3) is 0 Å². The van der Waals surface area contributed by atoms with Crippen LogP contribution in [0.4, 0.5) is 4.79 Å². The van der Waals surface area contributed by atoms with Crippen molar-refractivity contribution in [2.45, 2.75) is 39.0 Å². The molecule has 1 aliphatic heterocycles. The summed E-state index contributed by atoms with van der Waals surface area (Å²) in [5.74, 6) is 0.759. The van der Waals surface area contributed by atoms with Gasteiger partial charge in [-0.05, 0) is 26.8 Å². The van der Waals surface area contributed by atoms with Gasteiger partial charge in [-0.15, -0.1) is 0 Å². The number of ether oxygens (including phenoxy) is 2. The van der Waals surface area contributed by atoms with Gasteiger partial charge in [0, 0.05) is 32.3 Å². The first kappa shape index (κ1) is 15.9. The van der Waals surface area contributed by atoms with Gasteiger partial charge < -0.3 is 19.2 Å². The minimum absolute atomic E-state index is 0.172. The number of rotatable bonds is 3. The van der Waals surface area contributed by atoms with Crippen molar-refractivity contribution in [3.63, 3.8) is 0 Å². The van der Waals surface area contributed by atoms with E-state index in [-0.39, 0.29) is 12.1 Å². The van der Waals surface area contributed by atoms with Crippen LogP contribution in [0.1, 0.15) is 38.1 Å². The summed E-state index contributed by atoms with van der Waals surface area (Å²) in [4.78, 5) is 14.1. The average Bonchev–Trinajstić information content (AvgIpc) is 2.85. The summed E-state index contributed by atoms with van der Waals surface area (Å²) < 4.78 is 16.3. The first-order valence-electron chi connectivity index (χ1n) is 7.18. The van der Waals surface area contributed by atoms with E-state index in [0.717, 1.165) is 17.9 Å². The lowest BCUT2D eigenvalue weighted by Crippen LogP contribution is -2.50. The molecule has 1 unspecified atom stereocenters. The topological polar surface area (TPSA) is 63.9 Å². The average molecular weight is 296 g/mol. The molecular weight excluding hydrogens is 272 g/mol. The van der Waals surface area contributed by atoms with E-state index in [1.54, 1.807) is 18.3 Å². The van der Waals surface area contributed by atoms with Crippen molar-refractivity contribution in [2.75, 3.05) is 26.7 Å². The summed E-state index contributed by atoms with van der Waals surface area (Å²) in [6.45, 7) is 8.04.